The molecule has 1 aliphatic heterocycles. The number of likely N-dealkylation sites (tertiary alicyclic amines) is 1. The standard InChI is InChI=1S/C22H20FNO4/c23-22(19(25)26)13-24(12-21(22)9-10-21)20(27)28-11-18-16-7-3-1-5-14(16)15-6-2-4-8-17(15)18/h1-8,18H,9-13H2,(H,25,26). The van der Waals surface area contributed by atoms with Gasteiger partial charge in [-0.1, -0.05) is 48.5 Å². The van der Waals surface area contributed by atoms with E-state index in [4.69, 9.17) is 4.74 Å². The molecule has 5 nitrogen and oxygen atoms in total. The number of fused-ring (bicyclic) bond motifs is 3. The van der Waals surface area contributed by atoms with E-state index in [1.165, 1.54) is 4.90 Å². The number of ether oxygens (including phenoxy) is 1. The summed E-state index contributed by atoms with van der Waals surface area (Å²) in [6.07, 6.45) is 0.334. The molecule has 1 unspecified atom stereocenters. The second kappa shape index (κ2) is 5.80. The first-order valence-electron chi connectivity index (χ1n) is 9.47. The van der Waals surface area contributed by atoms with Gasteiger partial charge in [0.2, 0.25) is 5.67 Å². The SMILES string of the molecule is O=C(OCC1c2ccccc2-c2ccccc21)N1CC2(CC2)C(F)(C(=O)O)C1. The molecule has 1 amide bonds. The number of aliphatic carboxylic acids is 1. The molecule has 1 saturated heterocycles. The van der Waals surface area contributed by atoms with Crippen LogP contribution in [0, 0.1) is 5.41 Å². The smallest absolute Gasteiger partial charge is 0.409 e. The van der Waals surface area contributed by atoms with Crippen LogP contribution >= 0.6 is 0 Å². The highest BCUT2D eigenvalue weighted by atomic mass is 19.1. The number of carbonyl (C=O) groups is 2. The summed E-state index contributed by atoms with van der Waals surface area (Å²) < 4.78 is 20.5. The van der Waals surface area contributed by atoms with E-state index in [2.05, 4.69) is 12.1 Å². The van der Waals surface area contributed by atoms with Gasteiger partial charge < -0.3 is 14.7 Å². The van der Waals surface area contributed by atoms with Crippen molar-refractivity contribution < 1.29 is 23.8 Å². The normalized spacial score (nSPS) is 24.1. The molecule has 2 aromatic carbocycles. The number of hydrogen-bond donors (Lipinski definition) is 1. The molecule has 1 spiro atoms. The van der Waals surface area contributed by atoms with Crippen molar-refractivity contribution >= 4 is 12.1 Å². The van der Waals surface area contributed by atoms with Crippen molar-refractivity contribution in [2.45, 2.75) is 24.4 Å². The minimum atomic E-state index is -2.38. The average Bonchev–Trinajstić information content (AvgIpc) is 3.33. The van der Waals surface area contributed by atoms with Gasteiger partial charge in [-0.15, -0.1) is 0 Å². The van der Waals surface area contributed by atoms with E-state index in [1.807, 2.05) is 36.4 Å². The van der Waals surface area contributed by atoms with Gasteiger partial charge in [0.25, 0.3) is 0 Å². The van der Waals surface area contributed by atoms with Crippen LogP contribution in [-0.2, 0) is 9.53 Å². The van der Waals surface area contributed by atoms with Gasteiger partial charge in [0.05, 0.1) is 6.54 Å². The lowest BCUT2D eigenvalue weighted by Gasteiger charge is -2.20. The van der Waals surface area contributed by atoms with Gasteiger partial charge in [-0.2, -0.15) is 0 Å². The maximum Gasteiger partial charge on any atom is 0.409 e. The van der Waals surface area contributed by atoms with Crippen LogP contribution < -0.4 is 0 Å². The lowest BCUT2D eigenvalue weighted by atomic mass is 9.90. The fraction of sp³-hybridized carbons (Fsp3) is 0.364. The van der Waals surface area contributed by atoms with Crippen LogP contribution in [-0.4, -0.2) is 47.4 Å². The van der Waals surface area contributed by atoms with Gasteiger partial charge in [0.15, 0.2) is 0 Å². The number of hydrogen-bond acceptors (Lipinski definition) is 3. The van der Waals surface area contributed by atoms with Crippen molar-refractivity contribution in [2.75, 3.05) is 19.7 Å². The molecule has 1 atom stereocenters. The molecule has 1 saturated carbocycles. The Kier molecular flexibility index (Phi) is 3.57. The molecule has 5 rings (SSSR count). The van der Waals surface area contributed by atoms with E-state index in [-0.39, 0.29) is 19.1 Å². The number of halogens is 1. The van der Waals surface area contributed by atoms with Crippen LogP contribution in [0.4, 0.5) is 9.18 Å². The van der Waals surface area contributed by atoms with Crippen LogP contribution in [0.2, 0.25) is 0 Å². The van der Waals surface area contributed by atoms with E-state index >= 15 is 0 Å². The fourth-order valence-corrected chi connectivity index (χ4v) is 4.79. The highest BCUT2D eigenvalue weighted by Crippen LogP contribution is 2.60. The topological polar surface area (TPSA) is 66.8 Å². The maximum atomic E-state index is 15.0. The Balaban J connectivity index is 1.34. The van der Waals surface area contributed by atoms with Crippen LogP contribution in [0.25, 0.3) is 11.1 Å². The van der Waals surface area contributed by atoms with E-state index in [9.17, 15) is 19.1 Å². The average molecular weight is 381 g/mol. The van der Waals surface area contributed by atoms with Gasteiger partial charge in [-0.25, -0.2) is 14.0 Å². The molecule has 1 N–H and O–H groups in total. The third-order valence-electron chi connectivity index (χ3n) is 6.53. The van der Waals surface area contributed by atoms with E-state index in [0.717, 1.165) is 22.3 Å². The number of benzene rings is 2. The molecule has 6 heteroatoms. The van der Waals surface area contributed by atoms with Crippen molar-refractivity contribution in [2.24, 2.45) is 5.41 Å². The molecule has 144 valence electrons. The van der Waals surface area contributed by atoms with Gasteiger partial charge >= 0.3 is 12.1 Å². The van der Waals surface area contributed by atoms with E-state index < -0.39 is 29.7 Å². The van der Waals surface area contributed by atoms with Crippen molar-refractivity contribution in [3.63, 3.8) is 0 Å². The predicted molar refractivity (Wildman–Crippen MR) is 99.8 cm³/mol. The summed E-state index contributed by atoms with van der Waals surface area (Å²) in [6.45, 7) is -0.200. The molecule has 0 radical (unpaired) electrons. The molecule has 2 fully saturated rings. The first-order valence-corrected chi connectivity index (χ1v) is 9.47. The van der Waals surface area contributed by atoms with Crippen LogP contribution in [0.1, 0.15) is 29.9 Å². The summed E-state index contributed by atoms with van der Waals surface area (Å²) in [7, 11) is 0. The quantitative estimate of drug-likeness (QED) is 0.878. The fourth-order valence-electron chi connectivity index (χ4n) is 4.79. The highest BCUT2D eigenvalue weighted by molar-refractivity contribution is 5.83. The van der Waals surface area contributed by atoms with Crippen molar-refractivity contribution in [3.8, 4) is 11.1 Å². The van der Waals surface area contributed by atoms with Gasteiger partial charge in [-0.3, -0.25) is 0 Å². The molecule has 0 aromatic heterocycles. The molecule has 2 aromatic rings. The Morgan fingerprint density at radius 3 is 2.11 bits per heavy atom. The van der Waals surface area contributed by atoms with E-state index in [1.54, 1.807) is 0 Å². The molecular formula is C22H20FNO4. The minimum Gasteiger partial charge on any atom is -0.479 e. The Labute approximate surface area is 161 Å². The minimum absolute atomic E-state index is 0.0801. The molecule has 1 heterocycles. The summed E-state index contributed by atoms with van der Waals surface area (Å²) in [4.78, 5) is 25.2. The first-order chi connectivity index (χ1) is 13.5. The van der Waals surface area contributed by atoms with Crippen LogP contribution in [0.15, 0.2) is 48.5 Å². The lowest BCUT2D eigenvalue weighted by Crippen LogP contribution is -2.43. The number of rotatable bonds is 3. The number of alkyl halides is 1. The summed E-state index contributed by atoms with van der Waals surface area (Å²) in [6, 6.07) is 16.0. The Morgan fingerprint density at radius 2 is 1.61 bits per heavy atom. The summed E-state index contributed by atoms with van der Waals surface area (Å²) >= 11 is 0. The number of carboxylic acids is 1. The van der Waals surface area contributed by atoms with Gasteiger partial charge in [0, 0.05) is 17.9 Å². The predicted octanol–water partition coefficient (Wildman–Crippen LogP) is 3.82. The van der Waals surface area contributed by atoms with Crippen molar-refractivity contribution in [3.05, 3.63) is 59.7 Å². The number of carboxylic acid groups (broad SMARTS) is 1. The first kappa shape index (κ1) is 17.2. The second-order valence-corrected chi connectivity index (χ2v) is 8.05. The summed E-state index contributed by atoms with van der Waals surface area (Å²) in [5.74, 6) is -1.57. The molecule has 28 heavy (non-hydrogen) atoms. The molecule has 0 bridgehead atoms. The zero-order valence-electron chi connectivity index (χ0n) is 15.2. The number of carbonyl (C=O) groups excluding carboxylic acids is 1. The van der Waals surface area contributed by atoms with Crippen LogP contribution in [0.5, 0.6) is 0 Å². The van der Waals surface area contributed by atoms with Crippen molar-refractivity contribution in [1.29, 1.82) is 0 Å². The summed E-state index contributed by atoms with van der Waals surface area (Å²) in [5.41, 5.74) is 1.14. The summed E-state index contributed by atoms with van der Waals surface area (Å²) in [5, 5.41) is 9.31. The van der Waals surface area contributed by atoms with Gasteiger partial charge in [0.1, 0.15) is 6.61 Å². The Morgan fingerprint density at radius 1 is 1.04 bits per heavy atom. The highest BCUT2D eigenvalue weighted by Gasteiger charge is 2.70. The zero-order valence-corrected chi connectivity index (χ0v) is 15.2. The third-order valence-corrected chi connectivity index (χ3v) is 6.53. The molecular weight excluding hydrogens is 361 g/mol. The van der Waals surface area contributed by atoms with Crippen molar-refractivity contribution in [1.82, 2.24) is 4.90 Å². The molecule has 3 aliphatic rings. The monoisotopic (exact) mass is 381 g/mol. The lowest BCUT2D eigenvalue weighted by molar-refractivity contribution is -0.153. The zero-order chi connectivity index (χ0) is 19.5. The number of amides is 1. The Hall–Kier alpha value is -2.89. The van der Waals surface area contributed by atoms with E-state index in [0.29, 0.717) is 12.8 Å². The third kappa shape index (κ3) is 2.30. The molecule has 2 aliphatic carbocycles. The maximum absolute atomic E-state index is 15.0. The largest absolute Gasteiger partial charge is 0.479 e. The van der Waals surface area contributed by atoms with Crippen LogP contribution in [0.3, 0.4) is 0 Å². The Bertz CT molecular complexity index is 941. The van der Waals surface area contributed by atoms with Gasteiger partial charge in [-0.05, 0) is 35.1 Å². The second-order valence-electron chi connectivity index (χ2n) is 8.05. The number of nitrogens with zero attached hydrogens (tertiary/aromatic N) is 1.